The predicted octanol–water partition coefficient (Wildman–Crippen LogP) is 1.75. The summed E-state index contributed by atoms with van der Waals surface area (Å²) in [5.41, 5.74) is 0.954. The molecule has 2 saturated heterocycles. The molecule has 0 spiro atoms. The minimum absolute atomic E-state index is 0.0865. The number of likely N-dealkylation sites (tertiary alicyclic amines) is 1. The van der Waals surface area contributed by atoms with Gasteiger partial charge in [-0.2, -0.15) is 0 Å². The summed E-state index contributed by atoms with van der Waals surface area (Å²) in [6.45, 7) is 1.67. The molecule has 134 valence electrons. The van der Waals surface area contributed by atoms with Crippen LogP contribution in [0.4, 0.5) is 0 Å². The number of aliphatic carboxylic acids is 1. The van der Waals surface area contributed by atoms with Gasteiger partial charge in [0.05, 0.1) is 6.04 Å². The number of benzene rings is 1. The van der Waals surface area contributed by atoms with Crippen molar-refractivity contribution in [2.75, 3.05) is 19.8 Å². The number of carboxylic acid groups (broad SMARTS) is 1. The Balaban J connectivity index is 1.55. The lowest BCUT2D eigenvalue weighted by Crippen LogP contribution is -2.39. The molecule has 0 aliphatic carbocycles. The van der Waals surface area contributed by atoms with Crippen molar-refractivity contribution in [1.29, 1.82) is 0 Å². The van der Waals surface area contributed by atoms with Crippen molar-refractivity contribution in [2.45, 2.75) is 43.9 Å². The van der Waals surface area contributed by atoms with Gasteiger partial charge in [0, 0.05) is 12.1 Å². The van der Waals surface area contributed by atoms with Crippen molar-refractivity contribution in [3.63, 3.8) is 0 Å². The number of fused-ring (bicyclic) bond motifs is 1. The summed E-state index contributed by atoms with van der Waals surface area (Å²) in [6.07, 6.45) is 1.03. The number of rotatable bonds is 3. The lowest BCUT2D eigenvalue weighted by Gasteiger charge is -2.30. The highest BCUT2D eigenvalue weighted by Crippen LogP contribution is 2.43. The van der Waals surface area contributed by atoms with Gasteiger partial charge in [-0.3, -0.25) is 4.79 Å². The zero-order valence-electron chi connectivity index (χ0n) is 13.8. The number of carboxylic acids is 1. The molecule has 1 aromatic rings. The predicted molar refractivity (Wildman–Crippen MR) is 86.7 cm³/mol. The van der Waals surface area contributed by atoms with Gasteiger partial charge < -0.3 is 24.2 Å². The summed E-state index contributed by atoms with van der Waals surface area (Å²) in [7, 11) is 0. The molecule has 1 aromatic carbocycles. The highest BCUT2D eigenvalue weighted by molar-refractivity contribution is 5.83. The van der Waals surface area contributed by atoms with Crippen molar-refractivity contribution < 1.29 is 28.9 Å². The third-order valence-corrected chi connectivity index (χ3v) is 5.06. The molecule has 4 rings (SSSR count). The van der Waals surface area contributed by atoms with Crippen molar-refractivity contribution in [3.8, 4) is 11.5 Å². The normalized spacial score (nSPS) is 28.2. The molecule has 3 atom stereocenters. The zero-order chi connectivity index (χ0) is 17.4. The summed E-state index contributed by atoms with van der Waals surface area (Å²) in [5, 5.41) is 9.06. The van der Waals surface area contributed by atoms with Crippen molar-refractivity contribution in [2.24, 2.45) is 0 Å². The quantitative estimate of drug-likeness (QED) is 0.897. The van der Waals surface area contributed by atoms with E-state index in [2.05, 4.69) is 0 Å². The minimum atomic E-state index is -1.00. The van der Waals surface area contributed by atoms with Gasteiger partial charge >= 0.3 is 5.97 Å². The van der Waals surface area contributed by atoms with E-state index in [0.29, 0.717) is 44.1 Å². The largest absolute Gasteiger partial charge is 0.486 e. The molecule has 3 aliphatic rings. The lowest BCUT2D eigenvalue weighted by molar-refractivity contribution is -0.155. The van der Waals surface area contributed by atoms with E-state index in [0.717, 1.165) is 18.4 Å². The first-order valence-electron chi connectivity index (χ1n) is 8.72. The molecule has 2 fully saturated rings. The molecule has 0 aromatic heterocycles. The van der Waals surface area contributed by atoms with Crippen molar-refractivity contribution in [1.82, 2.24) is 4.90 Å². The molecule has 0 bridgehead atoms. The Labute approximate surface area is 145 Å². The summed E-state index contributed by atoms with van der Waals surface area (Å²) in [5.74, 6) is 0.303. The lowest BCUT2D eigenvalue weighted by atomic mass is 10.0. The standard InChI is InChI=1S/C18H21NO6/c20-17(14-6-7-15(25-14)18(21)22)19-8-2-4-12(19)11-3-1-5-13-16(11)24-10-9-23-13/h1,3,5,12,14-15H,2,4,6-10H2,(H,21,22)/t12?,14-,15+/m0/s1. The number of hydrogen-bond donors (Lipinski definition) is 1. The number of ether oxygens (including phenoxy) is 3. The van der Waals surface area contributed by atoms with E-state index >= 15 is 0 Å². The van der Waals surface area contributed by atoms with E-state index < -0.39 is 18.2 Å². The van der Waals surface area contributed by atoms with Crippen LogP contribution in [0.2, 0.25) is 0 Å². The van der Waals surface area contributed by atoms with E-state index in [1.54, 1.807) is 0 Å². The van der Waals surface area contributed by atoms with Crippen LogP contribution in [-0.4, -0.2) is 53.8 Å². The van der Waals surface area contributed by atoms with E-state index in [1.165, 1.54) is 0 Å². The Morgan fingerprint density at radius 3 is 2.68 bits per heavy atom. The summed E-state index contributed by atoms with van der Waals surface area (Å²) >= 11 is 0. The maximum atomic E-state index is 12.9. The first-order valence-corrected chi connectivity index (χ1v) is 8.72. The fraction of sp³-hybridized carbons (Fsp3) is 0.556. The average Bonchev–Trinajstić information content (AvgIpc) is 3.30. The Hall–Kier alpha value is -2.28. The van der Waals surface area contributed by atoms with Crippen LogP contribution in [0.15, 0.2) is 18.2 Å². The molecule has 3 aliphatic heterocycles. The van der Waals surface area contributed by atoms with Crippen LogP contribution in [0.3, 0.4) is 0 Å². The van der Waals surface area contributed by atoms with Gasteiger partial charge in [-0.1, -0.05) is 12.1 Å². The summed E-state index contributed by atoms with van der Waals surface area (Å²) in [4.78, 5) is 25.8. The van der Waals surface area contributed by atoms with E-state index in [1.807, 2.05) is 23.1 Å². The van der Waals surface area contributed by atoms with Gasteiger partial charge in [-0.15, -0.1) is 0 Å². The van der Waals surface area contributed by atoms with Gasteiger partial charge in [0.25, 0.3) is 5.91 Å². The van der Waals surface area contributed by atoms with E-state index in [4.69, 9.17) is 19.3 Å². The Bertz CT molecular complexity index is 690. The molecule has 25 heavy (non-hydrogen) atoms. The van der Waals surface area contributed by atoms with Crippen LogP contribution in [0.25, 0.3) is 0 Å². The molecule has 7 heteroatoms. The van der Waals surface area contributed by atoms with Gasteiger partial charge in [0.1, 0.15) is 19.3 Å². The third kappa shape index (κ3) is 2.93. The minimum Gasteiger partial charge on any atom is -0.486 e. The first-order chi connectivity index (χ1) is 12.1. The number of amides is 1. The van der Waals surface area contributed by atoms with Crippen LogP contribution in [0.1, 0.15) is 37.3 Å². The highest BCUT2D eigenvalue weighted by atomic mass is 16.6. The molecule has 1 unspecified atom stereocenters. The molecule has 3 heterocycles. The topological polar surface area (TPSA) is 85.3 Å². The second-order valence-corrected chi connectivity index (χ2v) is 6.59. The van der Waals surface area contributed by atoms with Gasteiger partial charge in [-0.25, -0.2) is 4.79 Å². The molecular formula is C18H21NO6. The van der Waals surface area contributed by atoms with Crippen LogP contribution < -0.4 is 9.47 Å². The Kier molecular flexibility index (Phi) is 4.25. The zero-order valence-corrected chi connectivity index (χ0v) is 13.8. The third-order valence-electron chi connectivity index (χ3n) is 5.06. The number of para-hydroxylation sites is 1. The maximum Gasteiger partial charge on any atom is 0.332 e. The summed E-state index contributed by atoms with van der Waals surface area (Å²) in [6, 6.07) is 5.67. The van der Waals surface area contributed by atoms with E-state index in [-0.39, 0.29) is 11.9 Å². The molecule has 0 radical (unpaired) electrons. The molecular weight excluding hydrogens is 326 g/mol. The van der Waals surface area contributed by atoms with Gasteiger partial charge in [0.2, 0.25) is 0 Å². The van der Waals surface area contributed by atoms with Crippen LogP contribution >= 0.6 is 0 Å². The number of hydrogen-bond acceptors (Lipinski definition) is 5. The second-order valence-electron chi connectivity index (χ2n) is 6.59. The molecule has 0 saturated carbocycles. The Morgan fingerprint density at radius 2 is 1.88 bits per heavy atom. The fourth-order valence-electron chi connectivity index (χ4n) is 3.90. The van der Waals surface area contributed by atoms with Crippen LogP contribution in [0.5, 0.6) is 11.5 Å². The smallest absolute Gasteiger partial charge is 0.332 e. The maximum absolute atomic E-state index is 12.9. The number of nitrogens with zero attached hydrogens (tertiary/aromatic N) is 1. The van der Waals surface area contributed by atoms with Crippen molar-refractivity contribution >= 4 is 11.9 Å². The number of carbonyl (C=O) groups excluding carboxylic acids is 1. The van der Waals surface area contributed by atoms with Crippen LogP contribution in [-0.2, 0) is 14.3 Å². The molecule has 7 nitrogen and oxygen atoms in total. The highest BCUT2D eigenvalue weighted by Gasteiger charge is 2.41. The first kappa shape index (κ1) is 16.2. The van der Waals surface area contributed by atoms with E-state index in [9.17, 15) is 9.59 Å². The second kappa shape index (κ2) is 6.55. The molecule has 1 N–H and O–H groups in total. The van der Waals surface area contributed by atoms with Crippen molar-refractivity contribution in [3.05, 3.63) is 23.8 Å². The monoisotopic (exact) mass is 347 g/mol. The Morgan fingerprint density at radius 1 is 1.08 bits per heavy atom. The van der Waals surface area contributed by atoms with Gasteiger partial charge in [-0.05, 0) is 31.7 Å². The SMILES string of the molecule is O=C(O)[C@H]1CC[C@@H](C(=O)N2CCCC2c2cccc3c2OCCO3)O1. The van der Waals surface area contributed by atoms with Gasteiger partial charge in [0.15, 0.2) is 17.6 Å². The molecule has 1 amide bonds. The number of carbonyl (C=O) groups is 2. The summed E-state index contributed by atoms with van der Waals surface area (Å²) < 4.78 is 16.9. The van der Waals surface area contributed by atoms with Crippen LogP contribution in [0, 0.1) is 0 Å². The average molecular weight is 347 g/mol. The fourth-order valence-corrected chi connectivity index (χ4v) is 3.90.